The quantitative estimate of drug-likeness (QED) is 0.834. The number of fused-ring (bicyclic) bond motifs is 1. The molecule has 0 bridgehead atoms. The fourth-order valence-electron chi connectivity index (χ4n) is 1.87. The first-order chi connectivity index (χ1) is 6.61. The number of aliphatic carboxylic acids is 1. The Kier molecular flexibility index (Phi) is 2.23. The number of carboxylic acids is 1. The third-order valence-electron chi connectivity index (χ3n) is 2.59. The average Bonchev–Trinajstić information content (AvgIpc) is 2.45. The second-order valence-corrected chi connectivity index (χ2v) is 4.27. The van der Waals surface area contributed by atoms with Gasteiger partial charge in [0, 0.05) is 17.9 Å². The molecule has 1 aliphatic rings. The fraction of sp³-hybridized carbons (Fsp3) is 0.300. The second-order valence-electron chi connectivity index (χ2n) is 3.42. The Bertz CT molecular complexity index is 392. The summed E-state index contributed by atoms with van der Waals surface area (Å²) in [5, 5.41) is 8.99. The van der Waals surface area contributed by atoms with Crippen LogP contribution < -0.4 is 4.90 Å². The Balaban J connectivity index is 2.46. The van der Waals surface area contributed by atoms with Crippen molar-refractivity contribution in [1.29, 1.82) is 0 Å². The van der Waals surface area contributed by atoms with E-state index in [1.54, 1.807) is 0 Å². The molecule has 1 aromatic carbocycles. The number of para-hydroxylation sites is 1. The number of hydrogen-bond donors (Lipinski definition) is 1. The second kappa shape index (κ2) is 3.28. The normalized spacial score (nSPS) is 19.6. The Morgan fingerprint density at radius 2 is 2.36 bits per heavy atom. The number of benzene rings is 1. The van der Waals surface area contributed by atoms with E-state index in [1.807, 2.05) is 30.1 Å². The van der Waals surface area contributed by atoms with Crippen molar-refractivity contribution in [2.24, 2.45) is 0 Å². The molecule has 0 spiro atoms. The van der Waals surface area contributed by atoms with Crippen LogP contribution in [-0.4, -0.2) is 24.2 Å². The molecule has 0 radical (unpaired) electrons. The van der Waals surface area contributed by atoms with Gasteiger partial charge in [-0.25, -0.2) is 4.79 Å². The van der Waals surface area contributed by atoms with Crippen molar-refractivity contribution in [1.82, 2.24) is 0 Å². The molecule has 1 aliphatic heterocycles. The van der Waals surface area contributed by atoms with Gasteiger partial charge in [0.15, 0.2) is 0 Å². The van der Waals surface area contributed by atoms with Crippen molar-refractivity contribution in [3.63, 3.8) is 0 Å². The Labute approximate surface area is 90.5 Å². The zero-order valence-corrected chi connectivity index (χ0v) is 9.28. The molecular weight excluding hydrogens is 246 g/mol. The number of rotatable bonds is 1. The van der Waals surface area contributed by atoms with Gasteiger partial charge in [-0.3, -0.25) is 0 Å². The van der Waals surface area contributed by atoms with Crippen LogP contribution >= 0.6 is 15.9 Å². The van der Waals surface area contributed by atoms with Gasteiger partial charge in [0.1, 0.15) is 6.04 Å². The van der Waals surface area contributed by atoms with Gasteiger partial charge in [-0.15, -0.1) is 0 Å². The van der Waals surface area contributed by atoms with Gasteiger partial charge in [0.2, 0.25) is 0 Å². The largest absolute Gasteiger partial charge is 0.480 e. The van der Waals surface area contributed by atoms with Crippen LogP contribution in [0.4, 0.5) is 5.69 Å². The van der Waals surface area contributed by atoms with E-state index in [1.165, 1.54) is 0 Å². The average molecular weight is 256 g/mol. The lowest BCUT2D eigenvalue weighted by molar-refractivity contribution is -0.138. The van der Waals surface area contributed by atoms with Gasteiger partial charge in [-0.05, 0) is 27.6 Å². The summed E-state index contributed by atoms with van der Waals surface area (Å²) in [5.74, 6) is -0.768. The van der Waals surface area contributed by atoms with Crippen LogP contribution in [0, 0.1) is 0 Å². The number of hydrogen-bond acceptors (Lipinski definition) is 2. The molecule has 14 heavy (non-hydrogen) atoms. The van der Waals surface area contributed by atoms with Crippen molar-refractivity contribution >= 4 is 27.6 Å². The third kappa shape index (κ3) is 1.30. The first-order valence-corrected chi connectivity index (χ1v) is 5.13. The highest BCUT2D eigenvalue weighted by molar-refractivity contribution is 9.10. The predicted octanol–water partition coefficient (Wildman–Crippen LogP) is 1.89. The van der Waals surface area contributed by atoms with Crippen LogP contribution in [0.2, 0.25) is 0 Å². The highest BCUT2D eigenvalue weighted by atomic mass is 79.9. The highest BCUT2D eigenvalue weighted by Crippen LogP contribution is 2.37. The predicted molar refractivity (Wildman–Crippen MR) is 57.7 cm³/mol. The summed E-state index contributed by atoms with van der Waals surface area (Å²) in [6, 6.07) is 5.41. The Hall–Kier alpha value is -1.03. The summed E-state index contributed by atoms with van der Waals surface area (Å²) in [5.41, 5.74) is 2.09. The molecule has 0 amide bonds. The molecule has 0 saturated heterocycles. The molecule has 0 fully saturated rings. The third-order valence-corrected chi connectivity index (χ3v) is 3.23. The number of carbonyl (C=O) groups is 1. The molecule has 3 nitrogen and oxygen atoms in total. The van der Waals surface area contributed by atoms with Gasteiger partial charge in [0.25, 0.3) is 0 Å². The molecule has 4 heteroatoms. The smallest absolute Gasteiger partial charge is 0.326 e. The van der Waals surface area contributed by atoms with Crippen LogP contribution in [0.15, 0.2) is 22.7 Å². The maximum Gasteiger partial charge on any atom is 0.326 e. The van der Waals surface area contributed by atoms with Gasteiger partial charge in [0.05, 0.1) is 5.69 Å². The zero-order chi connectivity index (χ0) is 10.3. The van der Waals surface area contributed by atoms with E-state index < -0.39 is 12.0 Å². The van der Waals surface area contributed by atoms with Crippen LogP contribution in [0.1, 0.15) is 5.56 Å². The lowest BCUT2D eigenvalue weighted by Crippen LogP contribution is -2.35. The van der Waals surface area contributed by atoms with E-state index in [0.29, 0.717) is 6.42 Å². The molecule has 2 rings (SSSR count). The number of halogens is 1. The lowest BCUT2D eigenvalue weighted by atomic mass is 10.1. The van der Waals surface area contributed by atoms with E-state index in [9.17, 15) is 4.79 Å². The van der Waals surface area contributed by atoms with Gasteiger partial charge >= 0.3 is 5.97 Å². The summed E-state index contributed by atoms with van der Waals surface area (Å²) in [4.78, 5) is 12.7. The van der Waals surface area contributed by atoms with Crippen molar-refractivity contribution in [2.75, 3.05) is 11.9 Å². The van der Waals surface area contributed by atoms with E-state index in [2.05, 4.69) is 15.9 Å². The number of anilines is 1. The molecule has 0 aromatic heterocycles. The number of nitrogens with zero attached hydrogens (tertiary/aromatic N) is 1. The summed E-state index contributed by atoms with van der Waals surface area (Å²) in [6.45, 7) is 0. The van der Waals surface area contributed by atoms with Gasteiger partial charge in [-0.1, -0.05) is 12.1 Å². The molecule has 74 valence electrons. The Morgan fingerprint density at radius 3 is 2.93 bits per heavy atom. The van der Waals surface area contributed by atoms with Crippen LogP contribution in [0.3, 0.4) is 0 Å². The molecule has 0 aliphatic carbocycles. The topological polar surface area (TPSA) is 40.5 Å². The molecule has 1 heterocycles. The first kappa shape index (κ1) is 9.52. The fourth-order valence-corrected chi connectivity index (χ4v) is 2.56. The summed E-state index contributed by atoms with van der Waals surface area (Å²) in [6.07, 6.45) is 0.584. The van der Waals surface area contributed by atoms with E-state index in [-0.39, 0.29) is 0 Å². The molecule has 1 aromatic rings. The monoisotopic (exact) mass is 255 g/mol. The van der Waals surface area contributed by atoms with E-state index in [0.717, 1.165) is 15.7 Å². The van der Waals surface area contributed by atoms with E-state index >= 15 is 0 Å². The SMILES string of the molecule is CN1c2c(Br)cccc2CC1C(=O)O. The molecule has 1 N–H and O–H groups in total. The van der Waals surface area contributed by atoms with Crippen molar-refractivity contribution in [2.45, 2.75) is 12.5 Å². The summed E-state index contributed by atoms with van der Waals surface area (Å²) >= 11 is 3.43. The van der Waals surface area contributed by atoms with Crippen LogP contribution in [-0.2, 0) is 11.2 Å². The molecule has 1 unspecified atom stereocenters. The maximum absolute atomic E-state index is 10.9. The highest BCUT2D eigenvalue weighted by Gasteiger charge is 2.32. The Morgan fingerprint density at radius 1 is 1.64 bits per heavy atom. The van der Waals surface area contributed by atoms with Gasteiger partial charge in [-0.2, -0.15) is 0 Å². The lowest BCUT2D eigenvalue weighted by Gasteiger charge is -2.19. The first-order valence-electron chi connectivity index (χ1n) is 4.34. The van der Waals surface area contributed by atoms with Gasteiger partial charge < -0.3 is 10.0 Å². The van der Waals surface area contributed by atoms with Crippen LogP contribution in [0.25, 0.3) is 0 Å². The number of carboxylic acid groups (broad SMARTS) is 1. The van der Waals surface area contributed by atoms with Crippen molar-refractivity contribution in [3.05, 3.63) is 28.2 Å². The minimum absolute atomic E-state index is 0.427. The number of likely N-dealkylation sites (N-methyl/N-ethyl adjacent to an activating group) is 1. The minimum atomic E-state index is -0.768. The molecule has 0 saturated carbocycles. The van der Waals surface area contributed by atoms with Crippen LogP contribution in [0.5, 0.6) is 0 Å². The summed E-state index contributed by atoms with van der Waals surface area (Å²) < 4.78 is 0.959. The maximum atomic E-state index is 10.9. The standard InChI is InChI=1S/C10H10BrNO2/c1-12-8(10(13)14)5-6-3-2-4-7(11)9(6)12/h2-4,8H,5H2,1H3,(H,13,14). The molecule has 1 atom stereocenters. The van der Waals surface area contributed by atoms with Crippen molar-refractivity contribution < 1.29 is 9.90 Å². The zero-order valence-electron chi connectivity index (χ0n) is 7.70. The minimum Gasteiger partial charge on any atom is -0.480 e. The van der Waals surface area contributed by atoms with Crippen molar-refractivity contribution in [3.8, 4) is 0 Å². The molecular formula is C10H10BrNO2. The summed E-state index contributed by atoms with van der Waals surface area (Å²) in [7, 11) is 1.81. The van der Waals surface area contributed by atoms with E-state index in [4.69, 9.17) is 5.11 Å².